The molecular weight excluding hydrogens is 404 g/mol. The molecule has 7 heteroatoms. The van der Waals surface area contributed by atoms with Gasteiger partial charge in [0.05, 0.1) is 29.9 Å². The molecule has 0 bridgehead atoms. The number of hydrogen-bond donors (Lipinski definition) is 1. The van der Waals surface area contributed by atoms with Crippen molar-refractivity contribution >= 4 is 28.8 Å². The first-order valence-corrected chi connectivity index (χ1v) is 10.7. The van der Waals surface area contributed by atoms with Gasteiger partial charge in [0.1, 0.15) is 5.82 Å². The Bertz CT molecular complexity index is 1260. The predicted molar refractivity (Wildman–Crippen MR) is 123 cm³/mol. The van der Waals surface area contributed by atoms with Gasteiger partial charge in [-0.05, 0) is 43.2 Å². The van der Waals surface area contributed by atoms with Gasteiger partial charge in [0.25, 0.3) is 5.56 Å². The summed E-state index contributed by atoms with van der Waals surface area (Å²) in [5.74, 6) is 0.199. The molecule has 0 saturated carbocycles. The van der Waals surface area contributed by atoms with E-state index in [9.17, 15) is 14.4 Å². The van der Waals surface area contributed by atoms with E-state index in [-0.39, 0.29) is 42.4 Å². The van der Waals surface area contributed by atoms with Crippen molar-refractivity contribution < 1.29 is 9.59 Å². The van der Waals surface area contributed by atoms with E-state index in [1.807, 2.05) is 50.3 Å². The number of aromatic nitrogens is 2. The zero-order chi connectivity index (χ0) is 22.8. The summed E-state index contributed by atoms with van der Waals surface area (Å²) < 4.78 is 0. The summed E-state index contributed by atoms with van der Waals surface area (Å²) in [5.41, 5.74) is 2.31. The summed E-state index contributed by atoms with van der Waals surface area (Å²) in [6.45, 7) is 5.53. The number of H-pyrrole nitrogens is 1. The maximum Gasteiger partial charge on any atom is 0.258 e. The maximum atomic E-state index is 13.4. The fourth-order valence-corrected chi connectivity index (χ4v) is 4.13. The molecule has 4 rings (SSSR count). The first-order chi connectivity index (χ1) is 15.3. The van der Waals surface area contributed by atoms with Crippen LogP contribution in [0.5, 0.6) is 0 Å². The molecule has 2 amide bonds. The number of amides is 2. The molecule has 2 heterocycles. The van der Waals surface area contributed by atoms with Gasteiger partial charge in [-0.3, -0.25) is 14.4 Å². The summed E-state index contributed by atoms with van der Waals surface area (Å²) in [6.07, 6.45) is 3.77. The van der Waals surface area contributed by atoms with Crippen molar-refractivity contribution in [2.24, 2.45) is 0 Å². The Labute approximate surface area is 186 Å². The van der Waals surface area contributed by atoms with E-state index in [0.29, 0.717) is 16.7 Å². The van der Waals surface area contributed by atoms with Crippen LogP contribution in [-0.4, -0.2) is 37.6 Å². The molecule has 32 heavy (non-hydrogen) atoms. The van der Waals surface area contributed by atoms with Crippen molar-refractivity contribution in [1.82, 2.24) is 19.8 Å². The number of carbonyl (C=O) groups is 2. The van der Waals surface area contributed by atoms with Gasteiger partial charge in [-0.2, -0.15) is 0 Å². The van der Waals surface area contributed by atoms with Crippen molar-refractivity contribution in [3.05, 3.63) is 82.0 Å². The third kappa shape index (κ3) is 4.19. The summed E-state index contributed by atoms with van der Waals surface area (Å²) in [7, 11) is 0. The fraction of sp³-hybridized carbons (Fsp3) is 0.280. The second-order valence-electron chi connectivity index (χ2n) is 8.24. The first-order valence-electron chi connectivity index (χ1n) is 10.7. The minimum atomic E-state index is -0.383. The van der Waals surface area contributed by atoms with Crippen molar-refractivity contribution in [2.45, 2.75) is 45.8 Å². The molecule has 2 aromatic carbocycles. The Morgan fingerprint density at radius 1 is 1.12 bits per heavy atom. The van der Waals surface area contributed by atoms with Gasteiger partial charge in [0, 0.05) is 19.2 Å². The lowest BCUT2D eigenvalue weighted by Gasteiger charge is -2.34. The van der Waals surface area contributed by atoms with Crippen LogP contribution in [0.1, 0.15) is 50.2 Å². The largest absolute Gasteiger partial charge is 0.333 e. The molecule has 1 aromatic heterocycles. The first kappa shape index (κ1) is 21.5. The van der Waals surface area contributed by atoms with Crippen LogP contribution in [0.2, 0.25) is 0 Å². The minimum absolute atomic E-state index is 0.112. The molecule has 164 valence electrons. The number of hydrogen-bond acceptors (Lipinski definition) is 4. The number of aromatic amines is 1. The van der Waals surface area contributed by atoms with E-state index in [4.69, 9.17) is 0 Å². The van der Waals surface area contributed by atoms with Crippen LogP contribution in [0.3, 0.4) is 0 Å². The molecular formula is C25H26N4O3. The molecule has 1 N–H and O–H groups in total. The number of nitrogens with one attached hydrogen (secondary N) is 1. The number of para-hydroxylation sites is 1. The Kier molecular flexibility index (Phi) is 5.90. The van der Waals surface area contributed by atoms with Gasteiger partial charge < -0.3 is 14.8 Å². The fourth-order valence-electron chi connectivity index (χ4n) is 4.13. The Balaban J connectivity index is 1.62. The second kappa shape index (κ2) is 8.78. The Morgan fingerprint density at radius 2 is 1.84 bits per heavy atom. The number of carbonyl (C=O) groups excluding carboxylic acids is 2. The van der Waals surface area contributed by atoms with Gasteiger partial charge in [0.2, 0.25) is 11.8 Å². The number of benzene rings is 2. The van der Waals surface area contributed by atoms with E-state index in [1.165, 1.54) is 6.92 Å². The van der Waals surface area contributed by atoms with Crippen molar-refractivity contribution in [3.63, 3.8) is 0 Å². The van der Waals surface area contributed by atoms with Crippen molar-refractivity contribution in [1.29, 1.82) is 0 Å². The van der Waals surface area contributed by atoms with Gasteiger partial charge in [-0.25, -0.2) is 4.98 Å². The molecule has 0 spiro atoms. The van der Waals surface area contributed by atoms with E-state index < -0.39 is 0 Å². The van der Waals surface area contributed by atoms with Crippen LogP contribution in [0, 0.1) is 0 Å². The average Bonchev–Trinajstić information content (AvgIpc) is 2.77. The molecule has 0 aliphatic carbocycles. The molecule has 0 radical (unpaired) electrons. The number of fused-ring (bicyclic) bond motifs is 2. The zero-order valence-corrected chi connectivity index (χ0v) is 18.4. The SMILES string of the molecule is CC(=O)N1C=Cc2ccccc2[C@H]1CC(=O)N(Cc1nc2ccccc2c(=O)[nH]1)C(C)C. The normalized spacial score (nSPS) is 15.1. The Hall–Kier alpha value is -3.74. The van der Waals surface area contributed by atoms with Crippen LogP contribution >= 0.6 is 0 Å². The van der Waals surface area contributed by atoms with E-state index in [1.54, 1.807) is 34.2 Å². The topological polar surface area (TPSA) is 86.4 Å². The van der Waals surface area contributed by atoms with Gasteiger partial charge in [-0.15, -0.1) is 0 Å². The summed E-state index contributed by atoms with van der Waals surface area (Å²) in [5, 5.41) is 0.515. The second-order valence-corrected chi connectivity index (χ2v) is 8.24. The lowest BCUT2D eigenvalue weighted by Crippen LogP contribution is -2.41. The number of nitrogens with zero attached hydrogens (tertiary/aromatic N) is 3. The van der Waals surface area contributed by atoms with Crippen molar-refractivity contribution in [2.75, 3.05) is 0 Å². The third-order valence-electron chi connectivity index (χ3n) is 5.76. The standard InChI is InChI=1S/C25H26N4O3/c1-16(2)29(15-23-26-21-11-7-6-10-20(21)25(32)27-23)24(31)14-22-19-9-5-4-8-18(19)12-13-28(22)17(3)30/h4-13,16,22H,14-15H2,1-3H3,(H,26,27,32)/t22-/m1/s1. The highest BCUT2D eigenvalue weighted by Crippen LogP contribution is 2.33. The average molecular weight is 431 g/mol. The lowest BCUT2D eigenvalue weighted by atomic mass is 9.93. The molecule has 1 atom stereocenters. The van der Waals surface area contributed by atoms with Gasteiger partial charge in [0.15, 0.2) is 0 Å². The maximum absolute atomic E-state index is 13.4. The van der Waals surface area contributed by atoms with E-state index in [0.717, 1.165) is 11.1 Å². The monoisotopic (exact) mass is 430 g/mol. The number of rotatable bonds is 5. The Morgan fingerprint density at radius 3 is 2.59 bits per heavy atom. The molecule has 0 unspecified atom stereocenters. The highest BCUT2D eigenvalue weighted by atomic mass is 16.2. The molecule has 1 aliphatic heterocycles. The van der Waals surface area contributed by atoms with Crippen LogP contribution in [0.25, 0.3) is 17.0 Å². The molecule has 7 nitrogen and oxygen atoms in total. The van der Waals surface area contributed by atoms with Gasteiger partial charge in [-0.1, -0.05) is 36.4 Å². The quantitative estimate of drug-likeness (QED) is 0.670. The minimum Gasteiger partial charge on any atom is -0.333 e. The molecule has 1 aliphatic rings. The highest BCUT2D eigenvalue weighted by molar-refractivity contribution is 5.82. The highest BCUT2D eigenvalue weighted by Gasteiger charge is 2.30. The van der Waals surface area contributed by atoms with Crippen LogP contribution < -0.4 is 5.56 Å². The van der Waals surface area contributed by atoms with Crippen molar-refractivity contribution in [3.8, 4) is 0 Å². The molecule has 0 fully saturated rings. The van der Waals surface area contributed by atoms with Crippen LogP contribution in [0.15, 0.2) is 59.5 Å². The van der Waals surface area contributed by atoms with Crippen LogP contribution in [-0.2, 0) is 16.1 Å². The molecule has 0 saturated heterocycles. The van der Waals surface area contributed by atoms with Crippen LogP contribution in [0.4, 0.5) is 0 Å². The molecule has 3 aromatic rings. The summed E-state index contributed by atoms with van der Waals surface area (Å²) >= 11 is 0. The zero-order valence-electron chi connectivity index (χ0n) is 18.4. The summed E-state index contributed by atoms with van der Waals surface area (Å²) in [6, 6.07) is 14.4. The third-order valence-corrected chi connectivity index (χ3v) is 5.76. The lowest BCUT2D eigenvalue weighted by molar-refractivity contribution is -0.136. The summed E-state index contributed by atoms with van der Waals surface area (Å²) in [4.78, 5) is 48.8. The van der Waals surface area contributed by atoms with E-state index in [2.05, 4.69) is 9.97 Å². The smallest absolute Gasteiger partial charge is 0.258 e. The van der Waals surface area contributed by atoms with Gasteiger partial charge >= 0.3 is 0 Å². The predicted octanol–water partition coefficient (Wildman–Crippen LogP) is 3.62. The van der Waals surface area contributed by atoms with E-state index >= 15 is 0 Å².